The lowest BCUT2D eigenvalue weighted by molar-refractivity contribution is -0.273. The number of allylic oxidation sites excluding steroid dienone is 6. The van der Waals surface area contributed by atoms with Crippen LogP contribution in [0.1, 0.15) is 118 Å². The SMILES string of the molecule is C=C/C=C\CCC1OC2CCC3(C)OC4C(O)CC5(C)OC(CC/C=C(C)/C(C)=C/COP(=O)([O-])OP(=O)([O-])OP(=O)([O-])OCC6OC(n7ccc(=O)[nH]c7=O)C(O)C6O)C(C)CC5OC4CC3OC2CCC1(C)O. The van der Waals surface area contributed by atoms with E-state index in [1.807, 2.05) is 44.0 Å². The minimum absolute atomic E-state index is 0.0738. The number of hydrogen-bond donors (Lipinski definition) is 5. The first-order chi connectivity index (χ1) is 35.0. The molecular formula is C48H72N2O22P3-3. The van der Waals surface area contributed by atoms with Gasteiger partial charge in [0, 0.05) is 25.1 Å². The molecule has 0 saturated carbocycles. The average Bonchev–Trinajstić information content (AvgIpc) is 3.37. The molecule has 20 unspecified atom stereocenters. The number of aliphatic hydroxyl groups is 4. The van der Waals surface area contributed by atoms with Crippen molar-refractivity contribution >= 4 is 23.5 Å². The lowest BCUT2D eigenvalue weighted by atomic mass is 9.79. The zero-order valence-corrected chi connectivity index (χ0v) is 45.6. The summed E-state index contributed by atoms with van der Waals surface area (Å²) in [5.41, 5.74) is -3.05. The van der Waals surface area contributed by atoms with Gasteiger partial charge in [-0.2, -0.15) is 0 Å². The maximum atomic E-state index is 12.4. The van der Waals surface area contributed by atoms with E-state index in [9.17, 15) is 58.4 Å². The van der Waals surface area contributed by atoms with Gasteiger partial charge >= 0.3 is 5.69 Å². The fourth-order valence-corrected chi connectivity index (χ4v) is 14.3. The largest absolute Gasteiger partial charge is 0.756 e. The van der Waals surface area contributed by atoms with Crippen LogP contribution in [0, 0.1) is 5.92 Å². The molecule has 7 rings (SSSR count). The third-order valence-electron chi connectivity index (χ3n) is 15.5. The molecule has 24 nitrogen and oxygen atoms in total. The minimum Gasteiger partial charge on any atom is -0.756 e. The third-order valence-corrected chi connectivity index (χ3v) is 19.6. The fraction of sp³-hybridized carbons (Fsp3) is 0.750. The summed E-state index contributed by atoms with van der Waals surface area (Å²) in [4.78, 5) is 62.5. The molecule has 20 atom stereocenters. The zero-order valence-electron chi connectivity index (χ0n) is 43.0. The summed E-state index contributed by atoms with van der Waals surface area (Å²) in [6.45, 7) is 13.3. The summed E-state index contributed by atoms with van der Waals surface area (Å²) in [6.07, 6.45) is 5.73. The molecule has 0 bridgehead atoms. The van der Waals surface area contributed by atoms with E-state index in [2.05, 4.69) is 31.2 Å². The summed E-state index contributed by atoms with van der Waals surface area (Å²) in [7, 11) is -18.0. The third kappa shape index (κ3) is 14.9. The van der Waals surface area contributed by atoms with Crippen molar-refractivity contribution in [1.29, 1.82) is 0 Å². The Balaban J connectivity index is 0.869. The number of hydrogen-bond acceptors (Lipinski definition) is 22. The Bertz CT molecular complexity index is 2540. The van der Waals surface area contributed by atoms with E-state index >= 15 is 0 Å². The topological polar surface area (TPSA) is 348 Å². The van der Waals surface area contributed by atoms with Gasteiger partial charge in [0.25, 0.3) is 29.0 Å². The number of phosphoric ester groups is 2. The molecule has 75 heavy (non-hydrogen) atoms. The molecule has 6 fully saturated rings. The molecule has 0 spiro atoms. The number of aromatic amines is 1. The van der Waals surface area contributed by atoms with Crippen molar-refractivity contribution in [2.24, 2.45) is 5.92 Å². The van der Waals surface area contributed by atoms with Crippen LogP contribution in [0.2, 0.25) is 0 Å². The number of aliphatic hydroxyl groups excluding tert-OH is 3. The minimum atomic E-state index is -6.24. The number of H-pyrrole nitrogens is 1. The van der Waals surface area contributed by atoms with Crippen molar-refractivity contribution < 1.29 is 94.9 Å². The Kier molecular flexibility index (Phi) is 19.4. The van der Waals surface area contributed by atoms with Gasteiger partial charge < -0.3 is 72.6 Å². The summed E-state index contributed by atoms with van der Waals surface area (Å²) < 4.78 is 94.1. The van der Waals surface area contributed by atoms with Crippen LogP contribution in [-0.2, 0) is 59.8 Å². The van der Waals surface area contributed by atoms with Gasteiger partial charge in [-0.15, -0.1) is 0 Å². The molecule has 0 radical (unpaired) electrons. The molecule has 1 aromatic heterocycles. The molecule has 5 N–H and O–H groups in total. The van der Waals surface area contributed by atoms with Crippen LogP contribution in [0.5, 0.6) is 0 Å². The van der Waals surface area contributed by atoms with Crippen LogP contribution in [0.25, 0.3) is 0 Å². The molecule has 0 aliphatic carbocycles. The molecule has 0 aromatic carbocycles. The first-order valence-electron chi connectivity index (χ1n) is 25.3. The van der Waals surface area contributed by atoms with Crippen LogP contribution < -0.4 is 25.9 Å². The predicted molar refractivity (Wildman–Crippen MR) is 260 cm³/mol. The zero-order chi connectivity index (χ0) is 54.9. The monoisotopic (exact) mass is 1120 g/mol. The maximum absolute atomic E-state index is 12.4. The molecule has 27 heteroatoms. The molecule has 6 saturated heterocycles. The van der Waals surface area contributed by atoms with Gasteiger partial charge in [-0.3, -0.25) is 28.0 Å². The highest BCUT2D eigenvalue weighted by molar-refractivity contribution is 7.65. The molecule has 0 amide bonds. The highest BCUT2D eigenvalue weighted by atomic mass is 31.3. The first kappa shape index (κ1) is 60.3. The number of nitrogens with zero attached hydrogens (tertiary/aromatic N) is 1. The second kappa shape index (κ2) is 24.2. The summed E-state index contributed by atoms with van der Waals surface area (Å²) in [6, 6.07) is 0.915. The van der Waals surface area contributed by atoms with Crippen molar-refractivity contribution in [2.45, 2.75) is 208 Å². The van der Waals surface area contributed by atoms with Crippen LogP contribution in [-0.4, -0.2) is 133 Å². The van der Waals surface area contributed by atoms with E-state index in [4.69, 9.17) is 28.4 Å². The van der Waals surface area contributed by atoms with E-state index in [-0.39, 0.29) is 49.0 Å². The van der Waals surface area contributed by atoms with E-state index in [0.717, 1.165) is 24.3 Å². The number of phosphoric acid groups is 3. The van der Waals surface area contributed by atoms with Gasteiger partial charge in [-0.1, -0.05) is 55.0 Å². The lowest BCUT2D eigenvalue weighted by Gasteiger charge is -2.49. The van der Waals surface area contributed by atoms with Gasteiger partial charge in [0.15, 0.2) is 6.23 Å². The fourth-order valence-electron chi connectivity index (χ4n) is 11.0. The number of fused-ring (bicyclic) bond motifs is 4. The van der Waals surface area contributed by atoms with Crippen molar-refractivity contribution in [3.05, 3.63) is 81.2 Å². The molecule has 6 aliphatic rings. The van der Waals surface area contributed by atoms with Gasteiger partial charge in [0.1, 0.15) is 24.4 Å². The van der Waals surface area contributed by atoms with E-state index in [1.54, 1.807) is 19.9 Å². The molecule has 424 valence electrons. The summed E-state index contributed by atoms with van der Waals surface area (Å²) in [5.74, 6) is 0.0738. The van der Waals surface area contributed by atoms with E-state index in [1.165, 1.54) is 6.08 Å². The Morgan fingerprint density at radius 2 is 1.48 bits per heavy atom. The standard InChI is InChI=1S/C48H75N2O22P3/c1-8-9-10-11-15-37-46(5,56)20-16-33-34(65-37)17-21-47(6)39(66-33)25-35-43(70-47)31(51)26-48(7)38(67-35)24-30(4)32(69-48)14-12-13-28(2)29(3)19-23-63-73(57,58)71-75(61,62)72-74(59,60)64-27-36-41(53)42(54)44(68-36)50-22-18-40(52)49-45(50)55/h8-10,13,18-19,22,30-39,41-44,51,53-54,56H,1,11-12,14-17,20-21,23-27H2,2-7H3,(H,57,58)(H,59,60)(H,61,62)(H,49,52,55)/p-3/b10-9-,28-13+,29-19+. The van der Waals surface area contributed by atoms with Gasteiger partial charge in [0.05, 0.1) is 78.8 Å². The second-order valence-electron chi connectivity index (χ2n) is 21.3. The highest BCUT2D eigenvalue weighted by Gasteiger charge is 2.58. The lowest BCUT2D eigenvalue weighted by Crippen LogP contribution is -2.59. The van der Waals surface area contributed by atoms with Crippen LogP contribution in [0.4, 0.5) is 0 Å². The second-order valence-corrected chi connectivity index (χ2v) is 25.8. The Labute approximate surface area is 435 Å². The molecular weight excluding hydrogens is 1050 g/mol. The van der Waals surface area contributed by atoms with Gasteiger partial charge in [-0.05, 0) is 98.3 Å². The molecule has 6 aliphatic heterocycles. The number of ether oxygens (including phenoxy) is 6. The summed E-state index contributed by atoms with van der Waals surface area (Å²) in [5, 5.41) is 43.9. The quantitative estimate of drug-likeness (QED) is 0.0982. The Morgan fingerprint density at radius 3 is 2.19 bits per heavy atom. The number of rotatable bonds is 19. The Hall–Kier alpha value is -2.35. The smallest absolute Gasteiger partial charge is 0.330 e. The number of nitrogens with one attached hydrogen (secondary N) is 1. The normalized spacial score (nSPS) is 41.1. The van der Waals surface area contributed by atoms with Crippen molar-refractivity contribution in [3.8, 4) is 0 Å². The van der Waals surface area contributed by atoms with Gasteiger partial charge in [-0.25, -0.2) is 13.4 Å². The first-order valence-corrected chi connectivity index (χ1v) is 29.7. The Morgan fingerprint density at radius 1 is 0.827 bits per heavy atom. The van der Waals surface area contributed by atoms with Crippen molar-refractivity contribution in [2.75, 3.05) is 13.2 Å². The predicted octanol–water partition coefficient (Wildman–Crippen LogP) is 2.92. The van der Waals surface area contributed by atoms with Crippen LogP contribution in [0.15, 0.2) is 70.0 Å². The highest BCUT2D eigenvalue weighted by Crippen LogP contribution is 2.63. The average molecular weight is 1120 g/mol. The number of aromatic nitrogens is 2. The van der Waals surface area contributed by atoms with E-state index < -0.39 is 108 Å². The van der Waals surface area contributed by atoms with Crippen LogP contribution >= 0.6 is 23.5 Å². The maximum Gasteiger partial charge on any atom is 0.330 e. The van der Waals surface area contributed by atoms with Crippen LogP contribution in [0.3, 0.4) is 0 Å². The van der Waals surface area contributed by atoms with Crippen molar-refractivity contribution in [3.63, 3.8) is 0 Å². The molecule has 7 heterocycles. The van der Waals surface area contributed by atoms with Crippen molar-refractivity contribution in [1.82, 2.24) is 9.55 Å². The van der Waals surface area contributed by atoms with Gasteiger partial charge in [0.2, 0.25) is 0 Å². The summed E-state index contributed by atoms with van der Waals surface area (Å²) >= 11 is 0. The molecule has 1 aromatic rings. The van der Waals surface area contributed by atoms with E-state index in [0.29, 0.717) is 67.9 Å².